The molecule has 0 unspecified atom stereocenters. The van der Waals surface area contributed by atoms with Gasteiger partial charge in [-0.25, -0.2) is 0 Å². The van der Waals surface area contributed by atoms with Crippen molar-refractivity contribution >= 4 is 23.1 Å². The van der Waals surface area contributed by atoms with E-state index in [2.05, 4.69) is 5.16 Å². The lowest BCUT2D eigenvalue weighted by molar-refractivity contribution is -0.111. The number of aromatic hydroxyl groups is 2. The minimum atomic E-state index is -0.487. The van der Waals surface area contributed by atoms with Gasteiger partial charge in [-0.15, -0.1) is 0 Å². The molecule has 5 nitrogen and oxygen atoms in total. The molecule has 0 heterocycles. The molecule has 0 aliphatic heterocycles. The summed E-state index contributed by atoms with van der Waals surface area (Å²) in [7, 11) is 0. The lowest BCUT2D eigenvalue weighted by Gasteiger charge is -2.04. The summed E-state index contributed by atoms with van der Waals surface area (Å²) < 4.78 is 0. The zero-order valence-corrected chi connectivity index (χ0v) is 8.49. The van der Waals surface area contributed by atoms with E-state index in [9.17, 15) is 9.90 Å². The average molecular weight is 230 g/mol. The zero-order chi connectivity index (χ0) is 11.6. The summed E-state index contributed by atoms with van der Waals surface area (Å²) in [5, 5.41) is 29.6. The van der Waals surface area contributed by atoms with Crippen LogP contribution in [0.15, 0.2) is 17.3 Å². The van der Waals surface area contributed by atoms with Crippen molar-refractivity contribution in [2.24, 2.45) is 5.16 Å². The Hall–Kier alpha value is -1.75. The number of ketones is 1. The van der Waals surface area contributed by atoms with Crippen LogP contribution in [-0.2, 0) is 4.79 Å². The fraction of sp³-hybridized carbons (Fsp3) is 0.111. The molecule has 15 heavy (non-hydrogen) atoms. The molecule has 3 N–H and O–H groups in total. The maximum absolute atomic E-state index is 11.0. The third-order valence-electron chi connectivity index (χ3n) is 1.75. The van der Waals surface area contributed by atoms with Crippen LogP contribution in [0.25, 0.3) is 0 Å². The Kier molecular flexibility index (Phi) is 3.16. The Morgan fingerprint density at radius 3 is 2.40 bits per heavy atom. The summed E-state index contributed by atoms with van der Waals surface area (Å²) in [5.41, 5.74) is -0.113. The van der Waals surface area contributed by atoms with Crippen LogP contribution in [0.5, 0.6) is 11.5 Å². The quantitative estimate of drug-likeness (QED) is 0.310. The second-order valence-electron chi connectivity index (χ2n) is 2.83. The van der Waals surface area contributed by atoms with Gasteiger partial charge in [0.25, 0.3) is 0 Å². The van der Waals surface area contributed by atoms with E-state index in [1.54, 1.807) is 0 Å². The smallest absolute Gasteiger partial charge is 0.182 e. The molecule has 0 aromatic heterocycles. The summed E-state index contributed by atoms with van der Waals surface area (Å²) in [5.74, 6) is -1.46. The van der Waals surface area contributed by atoms with Crippen molar-refractivity contribution in [3.63, 3.8) is 0 Å². The summed E-state index contributed by atoms with van der Waals surface area (Å²) in [6, 6.07) is 2.30. The number of phenols is 2. The SMILES string of the molecule is CC(=O)C(=NO)c1cc(O)c(O)c(Cl)c1. The Morgan fingerprint density at radius 2 is 2.00 bits per heavy atom. The molecule has 0 saturated carbocycles. The molecule has 0 radical (unpaired) electrons. The fourth-order valence-corrected chi connectivity index (χ4v) is 1.27. The number of carbonyl (C=O) groups excluding carboxylic acids is 1. The van der Waals surface area contributed by atoms with Crippen LogP contribution in [0.4, 0.5) is 0 Å². The highest BCUT2D eigenvalue weighted by Gasteiger charge is 2.15. The predicted molar refractivity (Wildman–Crippen MR) is 53.8 cm³/mol. The molecule has 0 aliphatic carbocycles. The predicted octanol–water partition coefficient (Wildman–Crippen LogP) is 1.52. The molecule has 1 aromatic carbocycles. The van der Waals surface area contributed by atoms with Gasteiger partial charge in [0, 0.05) is 12.5 Å². The van der Waals surface area contributed by atoms with Crippen LogP contribution in [0.1, 0.15) is 12.5 Å². The molecule has 0 bridgehead atoms. The van der Waals surface area contributed by atoms with Crippen molar-refractivity contribution in [3.8, 4) is 11.5 Å². The van der Waals surface area contributed by atoms with E-state index in [1.165, 1.54) is 13.0 Å². The first-order chi connectivity index (χ1) is 6.97. The molecule has 0 amide bonds. The van der Waals surface area contributed by atoms with E-state index >= 15 is 0 Å². The van der Waals surface area contributed by atoms with Gasteiger partial charge in [0.2, 0.25) is 0 Å². The van der Waals surface area contributed by atoms with E-state index in [0.717, 1.165) is 6.07 Å². The van der Waals surface area contributed by atoms with Gasteiger partial charge in [-0.1, -0.05) is 16.8 Å². The van der Waals surface area contributed by atoms with E-state index in [1.807, 2.05) is 0 Å². The van der Waals surface area contributed by atoms with Crippen molar-refractivity contribution in [2.45, 2.75) is 6.92 Å². The Bertz CT molecular complexity index is 419. The number of oxime groups is 1. The molecular weight excluding hydrogens is 222 g/mol. The lowest BCUT2D eigenvalue weighted by atomic mass is 10.1. The van der Waals surface area contributed by atoms with Gasteiger partial charge in [0.15, 0.2) is 23.0 Å². The third-order valence-corrected chi connectivity index (χ3v) is 2.04. The number of halogens is 1. The van der Waals surface area contributed by atoms with Gasteiger partial charge in [0.05, 0.1) is 5.02 Å². The topological polar surface area (TPSA) is 90.1 Å². The summed E-state index contributed by atoms with van der Waals surface area (Å²) in [6.07, 6.45) is 0. The standard InChI is InChI=1S/C9H8ClNO4/c1-4(12)8(11-15)5-2-6(10)9(14)7(13)3-5/h2-3,13-15H,1H3. The van der Waals surface area contributed by atoms with Crippen molar-refractivity contribution in [3.05, 3.63) is 22.7 Å². The number of hydrogen-bond acceptors (Lipinski definition) is 5. The molecular formula is C9H8ClNO4. The molecule has 6 heteroatoms. The van der Waals surface area contributed by atoms with Gasteiger partial charge in [-0.05, 0) is 12.1 Å². The highest BCUT2D eigenvalue weighted by Crippen LogP contribution is 2.34. The normalized spacial score (nSPS) is 11.5. The highest BCUT2D eigenvalue weighted by molar-refractivity contribution is 6.45. The number of rotatable bonds is 2. The van der Waals surface area contributed by atoms with Crippen LogP contribution in [-0.4, -0.2) is 26.9 Å². The van der Waals surface area contributed by atoms with E-state index in [0.29, 0.717) is 0 Å². The molecule has 0 saturated heterocycles. The fourth-order valence-electron chi connectivity index (χ4n) is 1.05. The molecule has 0 fully saturated rings. The van der Waals surface area contributed by atoms with Crippen LogP contribution in [0, 0.1) is 0 Å². The van der Waals surface area contributed by atoms with Gasteiger partial charge >= 0.3 is 0 Å². The lowest BCUT2D eigenvalue weighted by Crippen LogP contribution is -2.11. The second kappa shape index (κ2) is 4.18. The van der Waals surface area contributed by atoms with Gasteiger partial charge in [0.1, 0.15) is 0 Å². The zero-order valence-electron chi connectivity index (χ0n) is 7.73. The number of carbonyl (C=O) groups is 1. The first-order valence-corrected chi connectivity index (χ1v) is 4.30. The molecule has 0 spiro atoms. The van der Waals surface area contributed by atoms with Gasteiger partial charge < -0.3 is 15.4 Å². The van der Waals surface area contributed by atoms with Crippen LogP contribution in [0.3, 0.4) is 0 Å². The minimum Gasteiger partial charge on any atom is -0.504 e. The molecule has 80 valence electrons. The van der Waals surface area contributed by atoms with E-state index in [-0.39, 0.29) is 16.3 Å². The number of phenolic OH excluding ortho intramolecular Hbond substituents is 2. The Morgan fingerprint density at radius 1 is 1.40 bits per heavy atom. The average Bonchev–Trinajstić information content (AvgIpc) is 2.14. The minimum absolute atomic E-state index is 0.130. The van der Waals surface area contributed by atoms with Crippen molar-refractivity contribution in [1.29, 1.82) is 0 Å². The van der Waals surface area contributed by atoms with E-state index in [4.69, 9.17) is 21.9 Å². The summed E-state index contributed by atoms with van der Waals surface area (Å²) >= 11 is 5.57. The highest BCUT2D eigenvalue weighted by atomic mass is 35.5. The molecule has 0 atom stereocenters. The molecule has 0 aliphatic rings. The van der Waals surface area contributed by atoms with Gasteiger partial charge in [-0.2, -0.15) is 0 Å². The number of hydrogen-bond donors (Lipinski definition) is 3. The van der Waals surface area contributed by atoms with Gasteiger partial charge in [-0.3, -0.25) is 4.79 Å². The second-order valence-corrected chi connectivity index (χ2v) is 3.24. The third kappa shape index (κ3) is 2.19. The first-order valence-electron chi connectivity index (χ1n) is 3.92. The Labute approximate surface area is 90.2 Å². The maximum Gasteiger partial charge on any atom is 0.182 e. The largest absolute Gasteiger partial charge is 0.504 e. The van der Waals surface area contributed by atoms with Crippen molar-refractivity contribution in [2.75, 3.05) is 0 Å². The number of benzene rings is 1. The van der Waals surface area contributed by atoms with Crippen LogP contribution in [0.2, 0.25) is 5.02 Å². The summed E-state index contributed by atoms with van der Waals surface area (Å²) in [4.78, 5) is 11.0. The maximum atomic E-state index is 11.0. The first kappa shape index (κ1) is 11.3. The molecule has 1 aromatic rings. The van der Waals surface area contributed by atoms with E-state index < -0.39 is 17.3 Å². The Balaban J connectivity index is 3.34. The van der Waals surface area contributed by atoms with Crippen molar-refractivity contribution in [1.82, 2.24) is 0 Å². The number of Topliss-reactive ketones (excluding diaryl/α,β-unsaturated/α-hetero) is 1. The van der Waals surface area contributed by atoms with Crippen LogP contribution < -0.4 is 0 Å². The molecule has 1 rings (SSSR count). The van der Waals surface area contributed by atoms with Crippen molar-refractivity contribution < 1.29 is 20.2 Å². The number of nitrogens with zero attached hydrogens (tertiary/aromatic N) is 1. The van der Waals surface area contributed by atoms with Crippen LogP contribution >= 0.6 is 11.6 Å². The summed E-state index contributed by atoms with van der Waals surface area (Å²) in [6.45, 7) is 1.20. The monoisotopic (exact) mass is 229 g/mol.